The smallest absolute Gasteiger partial charge is 0.246 e. The van der Waals surface area contributed by atoms with Gasteiger partial charge in [0, 0.05) is 20.1 Å². The molecule has 0 unspecified atom stereocenters. The Kier molecular flexibility index (Phi) is 5.74. The van der Waals surface area contributed by atoms with Crippen molar-refractivity contribution in [2.45, 2.75) is 18.4 Å². The number of rotatable bonds is 7. The molecule has 0 aliphatic heterocycles. The summed E-state index contributed by atoms with van der Waals surface area (Å²) in [6.45, 7) is 6.41. The highest BCUT2D eigenvalue weighted by atomic mass is 32.2. The van der Waals surface area contributed by atoms with Crippen LogP contribution < -0.4 is 10.1 Å². The molecule has 0 spiro atoms. The van der Waals surface area contributed by atoms with Crippen molar-refractivity contribution in [3.8, 4) is 5.75 Å². The molecule has 1 aromatic carbocycles. The number of nitrogens with zero attached hydrogens (tertiary/aromatic N) is 1. The van der Waals surface area contributed by atoms with E-state index in [9.17, 15) is 8.42 Å². The summed E-state index contributed by atoms with van der Waals surface area (Å²) >= 11 is 0. The van der Waals surface area contributed by atoms with E-state index in [0.29, 0.717) is 12.3 Å². The Morgan fingerprint density at radius 1 is 1.45 bits per heavy atom. The van der Waals surface area contributed by atoms with Gasteiger partial charge in [0.1, 0.15) is 10.6 Å². The summed E-state index contributed by atoms with van der Waals surface area (Å²) in [7, 11) is 1.21. The number of likely N-dealkylation sites (N-methyl/N-ethyl adjacent to an activating group) is 1. The van der Waals surface area contributed by atoms with Gasteiger partial charge in [-0.2, -0.15) is 4.31 Å². The molecule has 0 atom stereocenters. The van der Waals surface area contributed by atoms with Crippen molar-refractivity contribution in [1.82, 2.24) is 9.62 Å². The third-order valence-corrected chi connectivity index (χ3v) is 4.61. The molecule has 0 aromatic heterocycles. The lowest BCUT2D eigenvalue weighted by Gasteiger charge is -2.19. The first kappa shape index (κ1) is 16.7. The first-order valence-electron chi connectivity index (χ1n) is 6.25. The fourth-order valence-corrected chi connectivity index (χ4v) is 3.30. The van der Waals surface area contributed by atoms with Gasteiger partial charge >= 0.3 is 0 Å². The Morgan fingerprint density at radius 2 is 2.10 bits per heavy atom. The first-order valence-corrected chi connectivity index (χ1v) is 7.69. The van der Waals surface area contributed by atoms with Gasteiger partial charge in [-0.3, -0.25) is 0 Å². The van der Waals surface area contributed by atoms with Crippen LogP contribution in [0.2, 0.25) is 0 Å². The van der Waals surface area contributed by atoms with Gasteiger partial charge in [0.2, 0.25) is 10.0 Å². The standard InChI is InChI=1S/C14H22N2O3S/c1-11(2)10-16(4)20(17,18)14-8-12(9-15-3)6-7-13(14)19-5/h6-8,15H,1,9-10H2,2-5H3. The average Bonchev–Trinajstić information content (AvgIpc) is 2.38. The molecule has 112 valence electrons. The van der Waals surface area contributed by atoms with Crippen molar-refractivity contribution >= 4 is 10.0 Å². The number of nitrogens with one attached hydrogen (secondary N) is 1. The summed E-state index contributed by atoms with van der Waals surface area (Å²) in [5, 5.41) is 3.00. The summed E-state index contributed by atoms with van der Waals surface area (Å²) in [6, 6.07) is 5.15. The van der Waals surface area contributed by atoms with Crippen LogP contribution >= 0.6 is 0 Å². The van der Waals surface area contributed by atoms with Crippen LogP contribution in [0.1, 0.15) is 12.5 Å². The van der Waals surface area contributed by atoms with Crippen molar-refractivity contribution in [3.63, 3.8) is 0 Å². The highest BCUT2D eigenvalue weighted by Crippen LogP contribution is 2.27. The number of sulfonamides is 1. The van der Waals surface area contributed by atoms with Crippen LogP contribution in [-0.4, -0.2) is 40.5 Å². The van der Waals surface area contributed by atoms with Gasteiger partial charge < -0.3 is 10.1 Å². The van der Waals surface area contributed by atoms with Crippen LogP contribution in [0.5, 0.6) is 5.75 Å². The second kappa shape index (κ2) is 6.88. The van der Waals surface area contributed by atoms with Crippen LogP contribution in [0.4, 0.5) is 0 Å². The molecule has 0 fully saturated rings. The zero-order valence-electron chi connectivity index (χ0n) is 12.4. The Hall–Kier alpha value is -1.37. The highest BCUT2D eigenvalue weighted by molar-refractivity contribution is 7.89. The van der Waals surface area contributed by atoms with Gasteiger partial charge in [-0.05, 0) is 31.7 Å². The lowest BCUT2D eigenvalue weighted by molar-refractivity contribution is 0.399. The van der Waals surface area contributed by atoms with Crippen LogP contribution in [0.15, 0.2) is 35.2 Å². The lowest BCUT2D eigenvalue weighted by atomic mass is 10.2. The molecular weight excluding hydrogens is 276 g/mol. The molecule has 0 bridgehead atoms. The molecule has 0 heterocycles. The maximum atomic E-state index is 12.6. The largest absolute Gasteiger partial charge is 0.495 e. The van der Waals surface area contributed by atoms with Crippen molar-refractivity contribution in [2.24, 2.45) is 0 Å². The summed E-state index contributed by atoms with van der Waals surface area (Å²) < 4.78 is 31.6. The van der Waals surface area contributed by atoms with Gasteiger partial charge in [-0.15, -0.1) is 0 Å². The van der Waals surface area contributed by atoms with Gasteiger partial charge in [-0.25, -0.2) is 8.42 Å². The molecule has 0 aliphatic carbocycles. The van der Waals surface area contributed by atoms with Crippen LogP contribution in [0.25, 0.3) is 0 Å². The second-order valence-corrected chi connectivity index (χ2v) is 6.75. The zero-order valence-corrected chi connectivity index (χ0v) is 13.3. The van der Waals surface area contributed by atoms with Gasteiger partial charge in [-0.1, -0.05) is 18.2 Å². The summed E-state index contributed by atoms with van der Waals surface area (Å²) in [5.74, 6) is 0.346. The molecule has 0 saturated carbocycles. The zero-order chi connectivity index (χ0) is 15.3. The number of methoxy groups -OCH3 is 1. The van der Waals surface area contributed by atoms with E-state index in [1.54, 1.807) is 19.1 Å². The molecule has 1 aromatic rings. The van der Waals surface area contributed by atoms with E-state index < -0.39 is 10.0 Å². The lowest BCUT2D eigenvalue weighted by Crippen LogP contribution is -2.28. The predicted molar refractivity (Wildman–Crippen MR) is 80.4 cm³/mol. The SMILES string of the molecule is C=C(C)CN(C)S(=O)(=O)c1cc(CNC)ccc1OC. The van der Waals surface area contributed by atoms with E-state index >= 15 is 0 Å². The fourth-order valence-electron chi connectivity index (χ4n) is 1.87. The third kappa shape index (κ3) is 3.82. The second-order valence-electron chi connectivity index (χ2n) is 4.73. The van der Waals surface area contributed by atoms with E-state index in [0.717, 1.165) is 11.1 Å². The number of hydrogen-bond donors (Lipinski definition) is 1. The maximum absolute atomic E-state index is 12.6. The molecule has 0 saturated heterocycles. The fraction of sp³-hybridized carbons (Fsp3) is 0.429. The predicted octanol–water partition coefficient (Wildman–Crippen LogP) is 1.61. The molecule has 6 heteroatoms. The monoisotopic (exact) mass is 298 g/mol. The topological polar surface area (TPSA) is 58.6 Å². The molecule has 5 nitrogen and oxygen atoms in total. The van der Waals surface area contributed by atoms with Crippen molar-refractivity contribution in [2.75, 3.05) is 27.7 Å². The Labute approximate surface area is 121 Å². The summed E-state index contributed by atoms with van der Waals surface area (Å²) in [5.41, 5.74) is 1.66. The Balaban J connectivity index is 3.27. The van der Waals surface area contributed by atoms with Gasteiger partial charge in [0.25, 0.3) is 0 Å². The molecule has 1 N–H and O–H groups in total. The highest BCUT2D eigenvalue weighted by Gasteiger charge is 2.25. The molecule has 0 amide bonds. The normalized spacial score (nSPS) is 11.7. The minimum absolute atomic E-state index is 0.177. The van der Waals surface area contributed by atoms with Gasteiger partial charge in [0.05, 0.1) is 7.11 Å². The molecule has 0 radical (unpaired) electrons. The molecular formula is C14H22N2O3S. The minimum Gasteiger partial charge on any atom is -0.495 e. The van der Waals surface area contributed by atoms with E-state index in [-0.39, 0.29) is 11.4 Å². The maximum Gasteiger partial charge on any atom is 0.246 e. The number of ether oxygens (including phenoxy) is 1. The van der Waals surface area contributed by atoms with Crippen LogP contribution in [0.3, 0.4) is 0 Å². The molecule has 20 heavy (non-hydrogen) atoms. The molecule has 0 aliphatic rings. The first-order chi connectivity index (χ1) is 9.32. The van der Waals surface area contributed by atoms with Crippen molar-refractivity contribution < 1.29 is 13.2 Å². The Bertz CT molecular complexity index is 582. The quantitative estimate of drug-likeness (QED) is 0.777. The van der Waals surface area contributed by atoms with Crippen molar-refractivity contribution in [3.05, 3.63) is 35.9 Å². The Morgan fingerprint density at radius 3 is 2.60 bits per heavy atom. The molecule has 1 rings (SSSR count). The van der Waals surface area contributed by atoms with Crippen LogP contribution in [-0.2, 0) is 16.6 Å². The van der Waals surface area contributed by atoms with E-state index in [1.807, 2.05) is 13.1 Å². The summed E-state index contributed by atoms with van der Waals surface area (Å²) in [4.78, 5) is 0.177. The van der Waals surface area contributed by atoms with Crippen molar-refractivity contribution in [1.29, 1.82) is 0 Å². The average molecular weight is 298 g/mol. The van der Waals surface area contributed by atoms with E-state index in [1.165, 1.54) is 18.5 Å². The van der Waals surface area contributed by atoms with E-state index in [4.69, 9.17) is 4.74 Å². The van der Waals surface area contributed by atoms with E-state index in [2.05, 4.69) is 11.9 Å². The number of hydrogen-bond acceptors (Lipinski definition) is 4. The third-order valence-electron chi connectivity index (χ3n) is 2.79. The summed E-state index contributed by atoms with van der Waals surface area (Å²) in [6.07, 6.45) is 0. The number of benzene rings is 1. The minimum atomic E-state index is -3.60. The van der Waals surface area contributed by atoms with Crippen LogP contribution in [0, 0.1) is 0 Å². The van der Waals surface area contributed by atoms with Gasteiger partial charge in [0.15, 0.2) is 0 Å².